The van der Waals surface area contributed by atoms with Crippen molar-refractivity contribution in [2.24, 2.45) is 0 Å². The monoisotopic (exact) mass is 512 g/mol. The predicted molar refractivity (Wildman–Crippen MR) is 130 cm³/mol. The van der Waals surface area contributed by atoms with E-state index >= 15 is 0 Å². The Morgan fingerprint density at radius 3 is 2.67 bits per heavy atom. The number of nitrogens with zero attached hydrogens (tertiary/aromatic N) is 2. The number of nitro groups is 1. The summed E-state index contributed by atoms with van der Waals surface area (Å²) in [5.41, 5.74) is 0.679. The molecule has 1 aliphatic heterocycles. The van der Waals surface area contributed by atoms with Crippen molar-refractivity contribution >= 4 is 35.0 Å². The molecule has 0 N–H and O–H groups in total. The number of thioether (sulfide) groups is 1. The average Bonchev–Trinajstić information content (AvgIpc) is 3.33. The third-order valence-corrected chi connectivity index (χ3v) is 6.23. The van der Waals surface area contributed by atoms with E-state index in [4.69, 9.17) is 14.2 Å². The summed E-state index contributed by atoms with van der Waals surface area (Å²) < 4.78 is 29.6. The lowest BCUT2D eigenvalue weighted by Crippen LogP contribution is -2.30. The van der Waals surface area contributed by atoms with Crippen molar-refractivity contribution in [3.05, 3.63) is 87.7 Å². The number of nitro benzene ring substituents is 1. The molecular formula is C25H21FN2O7S. The highest BCUT2D eigenvalue weighted by atomic mass is 32.2. The van der Waals surface area contributed by atoms with E-state index in [0.717, 1.165) is 17.8 Å². The SMILES string of the molecule is CCOC(=O)CSc1ccc(C(=O)N(Cc2ccc3c(c2)OCO3)c2cccc(F)c2)cc1[N+](=O)[O-]. The quantitative estimate of drug-likeness (QED) is 0.171. The molecular weight excluding hydrogens is 491 g/mol. The first-order chi connectivity index (χ1) is 17.4. The summed E-state index contributed by atoms with van der Waals surface area (Å²) in [6.07, 6.45) is 0. The van der Waals surface area contributed by atoms with E-state index in [1.807, 2.05) is 0 Å². The van der Waals surface area contributed by atoms with E-state index in [9.17, 15) is 24.1 Å². The summed E-state index contributed by atoms with van der Waals surface area (Å²) in [4.78, 5) is 37.9. The Morgan fingerprint density at radius 2 is 1.92 bits per heavy atom. The van der Waals surface area contributed by atoms with Crippen molar-refractivity contribution in [3.8, 4) is 11.5 Å². The van der Waals surface area contributed by atoms with Gasteiger partial charge < -0.3 is 19.1 Å². The number of anilines is 1. The molecule has 1 amide bonds. The first-order valence-corrected chi connectivity index (χ1v) is 11.9. The van der Waals surface area contributed by atoms with Crippen LogP contribution < -0.4 is 14.4 Å². The highest BCUT2D eigenvalue weighted by molar-refractivity contribution is 8.00. The molecule has 36 heavy (non-hydrogen) atoms. The van der Waals surface area contributed by atoms with Gasteiger partial charge in [0.05, 0.1) is 28.7 Å². The molecule has 0 saturated heterocycles. The zero-order chi connectivity index (χ0) is 25.7. The van der Waals surface area contributed by atoms with Crippen molar-refractivity contribution in [2.45, 2.75) is 18.4 Å². The Bertz CT molecular complexity index is 1320. The van der Waals surface area contributed by atoms with Crippen LogP contribution in [0.2, 0.25) is 0 Å². The van der Waals surface area contributed by atoms with Gasteiger partial charge in [0.25, 0.3) is 11.6 Å². The van der Waals surface area contributed by atoms with Gasteiger partial charge >= 0.3 is 5.97 Å². The summed E-state index contributed by atoms with van der Waals surface area (Å²) in [7, 11) is 0. The molecule has 1 aliphatic rings. The maximum Gasteiger partial charge on any atom is 0.316 e. The molecule has 0 aromatic heterocycles. The normalized spacial score (nSPS) is 11.7. The molecule has 0 spiro atoms. The Kier molecular flexibility index (Phi) is 7.69. The van der Waals surface area contributed by atoms with E-state index in [-0.39, 0.29) is 47.5 Å². The zero-order valence-electron chi connectivity index (χ0n) is 19.1. The van der Waals surface area contributed by atoms with Crippen LogP contribution in [-0.4, -0.2) is 36.0 Å². The number of carbonyl (C=O) groups excluding carboxylic acids is 2. The van der Waals surface area contributed by atoms with Crippen LogP contribution in [0.1, 0.15) is 22.8 Å². The molecule has 1 heterocycles. The van der Waals surface area contributed by atoms with E-state index in [1.165, 1.54) is 35.2 Å². The summed E-state index contributed by atoms with van der Waals surface area (Å²) in [6, 6.07) is 14.7. The molecule has 0 bridgehead atoms. The smallest absolute Gasteiger partial charge is 0.316 e. The van der Waals surface area contributed by atoms with Crippen molar-refractivity contribution < 1.29 is 33.1 Å². The van der Waals surface area contributed by atoms with Gasteiger partial charge in [-0.3, -0.25) is 19.7 Å². The van der Waals surface area contributed by atoms with E-state index in [2.05, 4.69) is 0 Å². The Labute approximate surface area is 209 Å². The van der Waals surface area contributed by atoms with Gasteiger partial charge in [0, 0.05) is 17.3 Å². The van der Waals surface area contributed by atoms with Crippen LogP contribution in [0.25, 0.3) is 0 Å². The van der Waals surface area contributed by atoms with E-state index in [0.29, 0.717) is 17.1 Å². The lowest BCUT2D eigenvalue weighted by Gasteiger charge is -2.23. The van der Waals surface area contributed by atoms with Crippen molar-refractivity contribution in [3.63, 3.8) is 0 Å². The number of rotatable bonds is 9. The van der Waals surface area contributed by atoms with Gasteiger partial charge in [-0.15, -0.1) is 11.8 Å². The average molecular weight is 513 g/mol. The molecule has 3 aromatic rings. The van der Waals surface area contributed by atoms with Crippen molar-refractivity contribution in [1.82, 2.24) is 0 Å². The van der Waals surface area contributed by atoms with E-state index < -0.39 is 22.6 Å². The van der Waals surface area contributed by atoms with Crippen LogP contribution in [-0.2, 0) is 16.1 Å². The van der Waals surface area contributed by atoms with Crippen LogP contribution in [0.5, 0.6) is 11.5 Å². The first-order valence-electron chi connectivity index (χ1n) is 10.9. The second kappa shape index (κ2) is 11.1. The van der Waals surface area contributed by atoms with Gasteiger partial charge in [0.1, 0.15) is 5.82 Å². The topological polar surface area (TPSA) is 108 Å². The number of halogens is 1. The van der Waals surface area contributed by atoms with Crippen LogP contribution >= 0.6 is 11.8 Å². The summed E-state index contributed by atoms with van der Waals surface area (Å²) in [5.74, 6) is -0.609. The van der Waals surface area contributed by atoms with Gasteiger partial charge in [-0.05, 0) is 55.0 Å². The van der Waals surface area contributed by atoms with Crippen molar-refractivity contribution in [1.29, 1.82) is 0 Å². The lowest BCUT2D eigenvalue weighted by atomic mass is 10.1. The second-order valence-corrected chi connectivity index (χ2v) is 8.61. The molecule has 3 aromatic carbocycles. The summed E-state index contributed by atoms with van der Waals surface area (Å²) in [6.45, 7) is 2.01. The molecule has 0 saturated carbocycles. The maximum atomic E-state index is 14.0. The number of amides is 1. The maximum absolute atomic E-state index is 14.0. The molecule has 4 rings (SSSR count). The van der Waals surface area contributed by atoms with Crippen LogP contribution in [0.3, 0.4) is 0 Å². The molecule has 11 heteroatoms. The predicted octanol–water partition coefficient (Wildman–Crippen LogP) is 4.96. The van der Waals surface area contributed by atoms with Crippen LogP contribution in [0, 0.1) is 15.9 Å². The third-order valence-electron chi connectivity index (χ3n) is 5.20. The molecule has 9 nitrogen and oxygen atoms in total. The minimum atomic E-state index is -0.616. The molecule has 0 atom stereocenters. The number of benzene rings is 3. The standard InChI is InChI=1S/C25H21FN2O7S/c1-2-33-24(29)14-36-23-9-7-17(11-20(23)28(31)32)25(30)27(19-5-3-4-18(26)12-19)13-16-6-8-21-22(10-16)35-15-34-21/h3-12H,2,13-15H2,1H3. The minimum Gasteiger partial charge on any atom is -0.465 e. The van der Waals surface area contributed by atoms with Crippen LogP contribution in [0.15, 0.2) is 65.6 Å². The molecule has 0 unspecified atom stereocenters. The fraction of sp³-hybridized carbons (Fsp3) is 0.200. The number of esters is 1. The largest absolute Gasteiger partial charge is 0.465 e. The lowest BCUT2D eigenvalue weighted by molar-refractivity contribution is -0.387. The molecule has 186 valence electrons. The third kappa shape index (κ3) is 5.74. The highest BCUT2D eigenvalue weighted by Crippen LogP contribution is 2.34. The number of fused-ring (bicyclic) bond motifs is 1. The summed E-state index contributed by atoms with van der Waals surface area (Å²) in [5, 5.41) is 11.7. The molecule has 0 aliphatic carbocycles. The molecule has 0 fully saturated rings. The first kappa shape index (κ1) is 25.0. The van der Waals surface area contributed by atoms with Gasteiger partial charge in [-0.1, -0.05) is 12.1 Å². The number of carbonyl (C=O) groups is 2. The zero-order valence-corrected chi connectivity index (χ0v) is 20.0. The minimum absolute atomic E-state index is 0.0344. The molecule has 0 radical (unpaired) electrons. The van der Waals surface area contributed by atoms with Gasteiger partial charge in [-0.25, -0.2) is 4.39 Å². The number of hydrogen-bond acceptors (Lipinski definition) is 8. The fourth-order valence-electron chi connectivity index (χ4n) is 3.56. The van der Waals surface area contributed by atoms with Crippen LogP contribution in [0.4, 0.5) is 15.8 Å². The van der Waals surface area contributed by atoms with Gasteiger partial charge in [0.15, 0.2) is 11.5 Å². The highest BCUT2D eigenvalue weighted by Gasteiger charge is 2.24. The Hall–Kier alpha value is -4.12. The van der Waals surface area contributed by atoms with Crippen molar-refractivity contribution in [2.75, 3.05) is 24.1 Å². The van der Waals surface area contributed by atoms with Gasteiger partial charge in [0.2, 0.25) is 6.79 Å². The number of ether oxygens (including phenoxy) is 3. The van der Waals surface area contributed by atoms with Gasteiger partial charge in [-0.2, -0.15) is 0 Å². The van der Waals surface area contributed by atoms with E-state index in [1.54, 1.807) is 31.2 Å². The summed E-state index contributed by atoms with van der Waals surface area (Å²) >= 11 is 0.948. The Morgan fingerprint density at radius 1 is 1.11 bits per heavy atom. The second-order valence-electron chi connectivity index (χ2n) is 7.59. The fourth-order valence-corrected chi connectivity index (χ4v) is 4.36. The number of hydrogen-bond donors (Lipinski definition) is 0. The Balaban J connectivity index is 1.65.